The first-order valence-corrected chi connectivity index (χ1v) is 10.0. The first-order valence-electron chi connectivity index (χ1n) is 9.63. The predicted molar refractivity (Wildman–Crippen MR) is 113 cm³/mol. The van der Waals surface area contributed by atoms with E-state index in [0.29, 0.717) is 45.8 Å². The number of fused-ring (bicyclic) bond motifs is 4. The van der Waals surface area contributed by atoms with Gasteiger partial charge < -0.3 is 19.6 Å². The summed E-state index contributed by atoms with van der Waals surface area (Å²) in [5.41, 5.74) is 1.79. The molecule has 1 atom stereocenters. The monoisotopic (exact) mass is 442 g/mol. The van der Waals surface area contributed by atoms with Gasteiger partial charge in [0, 0.05) is 43.8 Å². The summed E-state index contributed by atoms with van der Waals surface area (Å²) < 4.78 is 29.6. The van der Waals surface area contributed by atoms with Crippen molar-refractivity contribution in [2.24, 2.45) is 0 Å². The Labute approximate surface area is 180 Å². The highest BCUT2D eigenvalue weighted by Crippen LogP contribution is 2.33. The van der Waals surface area contributed by atoms with Crippen molar-refractivity contribution in [2.75, 3.05) is 13.6 Å². The molecule has 3 aromatic heterocycles. The molecule has 4 heterocycles. The second-order valence-corrected chi connectivity index (χ2v) is 8.01. The zero-order chi connectivity index (χ0) is 21.9. The average Bonchev–Trinajstić information content (AvgIpc) is 3.19. The van der Waals surface area contributed by atoms with Crippen LogP contribution >= 0.6 is 11.6 Å². The molecule has 0 bridgehead atoms. The summed E-state index contributed by atoms with van der Waals surface area (Å²) in [4.78, 5) is 30.0. The lowest BCUT2D eigenvalue weighted by atomic mass is 9.93. The van der Waals surface area contributed by atoms with Crippen LogP contribution in [-0.4, -0.2) is 33.8 Å². The number of rotatable bonds is 2. The number of carbonyl (C=O) groups is 1. The molecule has 1 amide bonds. The second-order valence-electron chi connectivity index (χ2n) is 7.60. The van der Waals surface area contributed by atoms with Crippen LogP contribution in [0.15, 0.2) is 47.5 Å². The molecule has 0 radical (unpaired) electrons. The number of H-pyrrole nitrogens is 1. The van der Waals surface area contributed by atoms with Crippen LogP contribution in [0.4, 0.5) is 8.78 Å². The molecule has 0 fully saturated rings. The molecule has 9 heteroatoms. The number of hydrogen-bond donors (Lipinski definition) is 2. The SMILES string of the molecule is CN(C(=O)c1cc2c(Cl)cccn2c1)C1CNCc2[nH]c(=O)c3cc(F)c(F)cc3c21. The predicted octanol–water partition coefficient (Wildman–Crippen LogP) is 3.63. The number of amides is 1. The van der Waals surface area contributed by atoms with Crippen molar-refractivity contribution in [3.8, 4) is 0 Å². The van der Waals surface area contributed by atoms with Crippen molar-refractivity contribution in [1.82, 2.24) is 19.6 Å². The molecule has 158 valence electrons. The van der Waals surface area contributed by atoms with Gasteiger partial charge in [-0.2, -0.15) is 0 Å². The number of nitrogens with one attached hydrogen (secondary N) is 2. The van der Waals surface area contributed by atoms with Crippen LogP contribution in [0, 0.1) is 11.6 Å². The fraction of sp³-hybridized carbons (Fsp3) is 0.182. The zero-order valence-electron chi connectivity index (χ0n) is 16.4. The van der Waals surface area contributed by atoms with Gasteiger partial charge in [-0.1, -0.05) is 11.6 Å². The lowest BCUT2D eigenvalue weighted by Crippen LogP contribution is -2.42. The van der Waals surface area contributed by atoms with E-state index in [1.165, 1.54) is 4.90 Å². The van der Waals surface area contributed by atoms with Gasteiger partial charge in [-0.05, 0) is 35.7 Å². The Morgan fingerprint density at radius 3 is 2.71 bits per heavy atom. The van der Waals surface area contributed by atoms with Crippen LogP contribution in [0.5, 0.6) is 0 Å². The minimum absolute atomic E-state index is 0.0479. The summed E-state index contributed by atoms with van der Waals surface area (Å²) in [6.07, 6.45) is 3.49. The molecule has 2 N–H and O–H groups in total. The van der Waals surface area contributed by atoms with Gasteiger partial charge in [0.1, 0.15) is 0 Å². The number of likely N-dealkylation sites (N-methyl/N-ethyl adjacent to an activating group) is 1. The lowest BCUT2D eigenvalue weighted by molar-refractivity contribution is 0.0723. The highest BCUT2D eigenvalue weighted by molar-refractivity contribution is 6.33. The summed E-state index contributed by atoms with van der Waals surface area (Å²) in [5.74, 6) is -2.40. The highest BCUT2D eigenvalue weighted by atomic mass is 35.5. The molecule has 6 nitrogen and oxygen atoms in total. The van der Waals surface area contributed by atoms with Crippen molar-refractivity contribution in [2.45, 2.75) is 12.6 Å². The number of carbonyl (C=O) groups excluding carboxylic acids is 1. The Kier molecular flexibility index (Phi) is 4.56. The fourth-order valence-electron chi connectivity index (χ4n) is 4.24. The van der Waals surface area contributed by atoms with Gasteiger partial charge in [-0.3, -0.25) is 9.59 Å². The number of pyridine rings is 2. The third-order valence-corrected chi connectivity index (χ3v) is 6.09. The molecular weight excluding hydrogens is 426 g/mol. The van der Waals surface area contributed by atoms with Gasteiger partial charge in [-0.25, -0.2) is 8.78 Å². The number of aromatic nitrogens is 2. The summed E-state index contributed by atoms with van der Waals surface area (Å²) in [6.45, 7) is 0.743. The first-order chi connectivity index (χ1) is 14.8. The third kappa shape index (κ3) is 3.10. The lowest BCUT2D eigenvalue weighted by Gasteiger charge is -2.34. The van der Waals surface area contributed by atoms with Gasteiger partial charge in [-0.15, -0.1) is 0 Å². The Hall–Kier alpha value is -3.23. The first kappa shape index (κ1) is 19.7. The van der Waals surface area contributed by atoms with E-state index in [-0.39, 0.29) is 11.3 Å². The number of hydrogen-bond acceptors (Lipinski definition) is 3. The van der Waals surface area contributed by atoms with Gasteiger partial charge in [0.05, 0.1) is 27.5 Å². The van der Waals surface area contributed by atoms with E-state index in [0.717, 1.165) is 12.1 Å². The van der Waals surface area contributed by atoms with Crippen molar-refractivity contribution < 1.29 is 13.6 Å². The molecule has 0 saturated heterocycles. The molecule has 4 aromatic rings. The standard InChI is InChI=1S/C22H17ClF2N4O2/c1-28(22(31)11-5-18-14(23)3-2-4-29(18)10-11)19-9-26-8-17-20(19)12-6-15(24)16(25)7-13(12)21(30)27-17/h2-7,10,19,26H,8-9H2,1H3,(H,27,30). The van der Waals surface area contributed by atoms with E-state index in [1.807, 2.05) is 0 Å². The number of nitrogens with zero attached hydrogens (tertiary/aromatic N) is 2. The second kappa shape index (κ2) is 7.18. The van der Waals surface area contributed by atoms with Crippen LogP contribution in [0.2, 0.25) is 5.02 Å². The summed E-state index contributed by atoms with van der Waals surface area (Å²) in [5, 5.41) is 4.04. The van der Waals surface area contributed by atoms with Gasteiger partial charge in [0.25, 0.3) is 11.5 Å². The van der Waals surface area contributed by atoms with Gasteiger partial charge in [0.15, 0.2) is 11.6 Å². The molecule has 0 saturated carbocycles. The average molecular weight is 443 g/mol. The Bertz CT molecular complexity index is 1430. The van der Waals surface area contributed by atoms with Gasteiger partial charge >= 0.3 is 0 Å². The maximum Gasteiger partial charge on any atom is 0.256 e. The van der Waals surface area contributed by atoms with Crippen molar-refractivity contribution >= 4 is 33.8 Å². The maximum absolute atomic E-state index is 14.1. The molecule has 1 aromatic carbocycles. The number of benzene rings is 1. The molecule has 0 spiro atoms. The third-order valence-electron chi connectivity index (χ3n) is 5.77. The Morgan fingerprint density at radius 1 is 1.23 bits per heavy atom. The molecule has 1 aliphatic rings. The molecule has 1 aliphatic heterocycles. The van der Waals surface area contributed by atoms with E-state index in [2.05, 4.69) is 10.3 Å². The quantitative estimate of drug-likeness (QED) is 0.498. The van der Waals surface area contributed by atoms with Crippen molar-refractivity contribution in [3.63, 3.8) is 0 Å². The van der Waals surface area contributed by atoms with Crippen LogP contribution in [-0.2, 0) is 6.54 Å². The smallest absolute Gasteiger partial charge is 0.256 e. The molecule has 0 aliphatic carbocycles. The topological polar surface area (TPSA) is 69.6 Å². The van der Waals surface area contributed by atoms with E-state index in [9.17, 15) is 18.4 Å². The van der Waals surface area contributed by atoms with Crippen molar-refractivity contribution in [1.29, 1.82) is 0 Å². The van der Waals surface area contributed by atoms with Crippen LogP contribution in [0.3, 0.4) is 0 Å². The maximum atomic E-state index is 14.1. The zero-order valence-corrected chi connectivity index (χ0v) is 17.1. The molecule has 1 unspecified atom stereocenters. The highest BCUT2D eigenvalue weighted by Gasteiger charge is 2.31. The molecule has 31 heavy (non-hydrogen) atoms. The minimum Gasteiger partial charge on any atom is -0.333 e. The van der Waals surface area contributed by atoms with E-state index in [4.69, 9.17) is 11.6 Å². The normalized spacial score (nSPS) is 15.9. The van der Waals surface area contributed by atoms with Crippen molar-refractivity contribution in [3.05, 3.63) is 86.6 Å². The summed E-state index contributed by atoms with van der Waals surface area (Å²) in [6, 6.07) is 6.66. The van der Waals surface area contributed by atoms with E-state index in [1.54, 1.807) is 42.0 Å². The van der Waals surface area contributed by atoms with E-state index >= 15 is 0 Å². The largest absolute Gasteiger partial charge is 0.333 e. The van der Waals surface area contributed by atoms with E-state index < -0.39 is 23.2 Å². The molecule has 5 rings (SSSR count). The Morgan fingerprint density at radius 2 is 1.97 bits per heavy atom. The summed E-state index contributed by atoms with van der Waals surface area (Å²) >= 11 is 6.22. The van der Waals surface area contributed by atoms with Crippen LogP contribution < -0.4 is 10.9 Å². The van der Waals surface area contributed by atoms with Crippen LogP contribution in [0.1, 0.15) is 27.7 Å². The van der Waals surface area contributed by atoms with Gasteiger partial charge in [0.2, 0.25) is 0 Å². The van der Waals surface area contributed by atoms with Crippen LogP contribution in [0.25, 0.3) is 16.3 Å². The minimum atomic E-state index is -1.09. The number of aromatic amines is 1. The number of halogens is 3. The Balaban J connectivity index is 1.62. The molecular formula is C22H17ClF2N4O2. The fourth-order valence-corrected chi connectivity index (χ4v) is 4.47. The summed E-state index contributed by atoms with van der Waals surface area (Å²) in [7, 11) is 1.64.